The summed E-state index contributed by atoms with van der Waals surface area (Å²) in [6.45, 7) is 1.14. The summed E-state index contributed by atoms with van der Waals surface area (Å²) in [6.07, 6.45) is 0. The molecule has 1 saturated heterocycles. The van der Waals surface area contributed by atoms with E-state index in [9.17, 15) is 9.59 Å². The molecule has 1 fully saturated rings. The standard InChI is InChI=1S/C17H16ClN3O2/c18-13-6-8-14(9-7-13)19-16(22)12-20-10-11-21(17(20)23)15-4-2-1-3-5-15/h1-9H,10-12H2,(H,19,22). The number of nitrogens with one attached hydrogen (secondary N) is 1. The van der Waals surface area contributed by atoms with E-state index in [1.54, 1.807) is 29.2 Å². The van der Waals surface area contributed by atoms with Crippen molar-refractivity contribution in [3.63, 3.8) is 0 Å². The molecule has 0 aliphatic carbocycles. The van der Waals surface area contributed by atoms with Gasteiger partial charge in [-0.25, -0.2) is 4.79 Å². The minimum absolute atomic E-state index is 0.0325. The third kappa shape index (κ3) is 3.63. The smallest absolute Gasteiger partial charge is 0.325 e. The Balaban J connectivity index is 1.59. The lowest BCUT2D eigenvalue weighted by Crippen LogP contribution is -2.37. The maximum absolute atomic E-state index is 12.4. The first kappa shape index (κ1) is 15.4. The molecule has 0 bridgehead atoms. The number of urea groups is 1. The Morgan fingerprint density at radius 3 is 2.43 bits per heavy atom. The summed E-state index contributed by atoms with van der Waals surface area (Å²) < 4.78 is 0. The predicted molar refractivity (Wildman–Crippen MR) is 90.8 cm³/mol. The Morgan fingerprint density at radius 2 is 1.74 bits per heavy atom. The van der Waals surface area contributed by atoms with Crippen molar-refractivity contribution in [2.75, 3.05) is 29.9 Å². The molecular weight excluding hydrogens is 314 g/mol. The van der Waals surface area contributed by atoms with Crippen LogP contribution < -0.4 is 10.2 Å². The fourth-order valence-electron chi connectivity index (χ4n) is 2.48. The van der Waals surface area contributed by atoms with Gasteiger partial charge in [0, 0.05) is 29.5 Å². The van der Waals surface area contributed by atoms with Crippen LogP contribution in [0.4, 0.5) is 16.2 Å². The third-order valence-electron chi connectivity index (χ3n) is 3.63. The van der Waals surface area contributed by atoms with Gasteiger partial charge in [-0.2, -0.15) is 0 Å². The van der Waals surface area contributed by atoms with Crippen LogP contribution in [-0.4, -0.2) is 36.5 Å². The number of carbonyl (C=O) groups is 2. The van der Waals surface area contributed by atoms with Gasteiger partial charge in [0.1, 0.15) is 6.54 Å². The van der Waals surface area contributed by atoms with Crippen LogP contribution >= 0.6 is 11.6 Å². The predicted octanol–water partition coefficient (Wildman–Crippen LogP) is 3.22. The molecule has 0 atom stereocenters. The number of para-hydroxylation sites is 1. The van der Waals surface area contributed by atoms with Crippen LogP contribution in [0.3, 0.4) is 0 Å². The number of rotatable bonds is 4. The van der Waals surface area contributed by atoms with Crippen LogP contribution in [0.25, 0.3) is 0 Å². The van der Waals surface area contributed by atoms with Gasteiger partial charge in [-0.1, -0.05) is 29.8 Å². The molecule has 6 heteroatoms. The molecular formula is C17H16ClN3O2. The van der Waals surface area contributed by atoms with Gasteiger partial charge >= 0.3 is 6.03 Å². The Kier molecular flexibility index (Phi) is 4.48. The van der Waals surface area contributed by atoms with Crippen molar-refractivity contribution in [2.24, 2.45) is 0 Å². The van der Waals surface area contributed by atoms with Gasteiger partial charge in [-0.15, -0.1) is 0 Å². The fourth-order valence-corrected chi connectivity index (χ4v) is 2.61. The first-order valence-corrected chi connectivity index (χ1v) is 7.68. The zero-order valence-corrected chi connectivity index (χ0v) is 13.2. The molecule has 1 aliphatic heterocycles. The van der Waals surface area contributed by atoms with Crippen molar-refractivity contribution in [3.05, 3.63) is 59.6 Å². The molecule has 1 heterocycles. The van der Waals surface area contributed by atoms with Gasteiger partial charge in [0.25, 0.3) is 0 Å². The molecule has 1 aliphatic rings. The lowest BCUT2D eigenvalue weighted by molar-refractivity contribution is -0.116. The zero-order chi connectivity index (χ0) is 16.2. The number of hydrogen-bond acceptors (Lipinski definition) is 2. The van der Waals surface area contributed by atoms with Crippen LogP contribution in [0, 0.1) is 0 Å². The highest BCUT2D eigenvalue weighted by Crippen LogP contribution is 2.19. The summed E-state index contributed by atoms with van der Waals surface area (Å²) in [4.78, 5) is 27.7. The molecule has 0 saturated carbocycles. The highest BCUT2D eigenvalue weighted by Gasteiger charge is 2.30. The van der Waals surface area contributed by atoms with Crippen LogP contribution in [0.1, 0.15) is 0 Å². The van der Waals surface area contributed by atoms with Crippen molar-refractivity contribution in [1.29, 1.82) is 0 Å². The second-order valence-corrected chi connectivity index (χ2v) is 5.68. The van der Waals surface area contributed by atoms with Gasteiger partial charge < -0.3 is 10.2 Å². The molecule has 23 heavy (non-hydrogen) atoms. The van der Waals surface area contributed by atoms with Crippen molar-refractivity contribution in [2.45, 2.75) is 0 Å². The molecule has 3 amide bonds. The molecule has 2 aromatic carbocycles. The number of nitrogens with zero attached hydrogens (tertiary/aromatic N) is 2. The number of hydrogen-bond donors (Lipinski definition) is 1. The lowest BCUT2D eigenvalue weighted by atomic mass is 10.3. The number of anilines is 2. The van der Waals surface area contributed by atoms with Crippen LogP contribution in [0.15, 0.2) is 54.6 Å². The lowest BCUT2D eigenvalue weighted by Gasteiger charge is -2.18. The number of carbonyl (C=O) groups excluding carboxylic acids is 2. The summed E-state index contributed by atoms with van der Waals surface area (Å²) >= 11 is 5.81. The molecule has 3 rings (SSSR count). The molecule has 0 spiro atoms. The largest absolute Gasteiger partial charge is 0.325 e. The first-order valence-electron chi connectivity index (χ1n) is 7.30. The van der Waals surface area contributed by atoms with Gasteiger partial charge in [0.2, 0.25) is 5.91 Å². The van der Waals surface area contributed by atoms with E-state index in [2.05, 4.69) is 5.32 Å². The molecule has 0 aromatic heterocycles. The van der Waals surface area contributed by atoms with Gasteiger partial charge in [-0.3, -0.25) is 9.69 Å². The average molecular weight is 330 g/mol. The van der Waals surface area contributed by atoms with Crippen molar-refractivity contribution in [1.82, 2.24) is 4.90 Å². The monoisotopic (exact) mass is 329 g/mol. The van der Waals surface area contributed by atoms with Crippen molar-refractivity contribution < 1.29 is 9.59 Å². The fraction of sp³-hybridized carbons (Fsp3) is 0.176. The van der Waals surface area contributed by atoms with Crippen LogP contribution in [-0.2, 0) is 4.79 Å². The Labute approximate surface area is 139 Å². The SMILES string of the molecule is O=C(CN1CCN(c2ccccc2)C1=O)Nc1ccc(Cl)cc1. The van der Waals surface area contributed by atoms with Crippen molar-refractivity contribution in [3.8, 4) is 0 Å². The Morgan fingerprint density at radius 1 is 1.04 bits per heavy atom. The van der Waals surface area contributed by atoms with E-state index < -0.39 is 0 Å². The summed E-state index contributed by atoms with van der Waals surface area (Å²) in [7, 11) is 0. The van der Waals surface area contributed by atoms with E-state index in [0.717, 1.165) is 5.69 Å². The summed E-state index contributed by atoms with van der Waals surface area (Å²) in [6, 6.07) is 16.2. The second kappa shape index (κ2) is 6.71. The molecule has 5 nitrogen and oxygen atoms in total. The minimum Gasteiger partial charge on any atom is -0.325 e. The zero-order valence-electron chi connectivity index (χ0n) is 12.4. The Hall–Kier alpha value is -2.53. The normalized spacial score (nSPS) is 14.2. The quantitative estimate of drug-likeness (QED) is 0.936. The Bertz CT molecular complexity index is 704. The van der Waals surface area contributed by atoms with E-state index in [1.807, 2.05) is 30.3 Å². The molecule has 0 unspecified atom stereocenters. The van der Waals surface area contributed by atoms with Gasteiger partial charge in [-0.05, 0) is 36.4 Å². The summed E-state index contributed by atoms with van der Waals surface area (Å²) in [5.41, 5.74) is 1.50. The van der Waals surface area contributed by atoms with Gasteiger partial charge in [0.15, 0.2) is 0 Å². The second-order valence-electron chi connectivity index (χ2n) is 5.25. The maximum Gasteiger partial charge on any atom is 0.325 e. The van der Waals surface area contributed by atoms with E-state index in [0.29, 0.717) is 23.8 Å². The highest BCUT2D eigenvalue weighted by atomic mass is 35.5. The van der Waals surface area contributed by atoms with Crippen LogP contribution in [0.2, 0.25) is 5.02 Å². The minimum atomic E-state index is -0.226. The van der Waals surface area contributed by atoms with E-state index >= 15 is 0 Å². The summed E-state index contributed by atoms with van der Waals surface area (Å²) in [5.74, 6) is -0.226. The first-order chi connectivity index (χ1) is 11.1. The number of amides is 3. The van der Waals surface area contributed by atoms with Gasteiger partial charge in [0.05, 0.1) is 0 Å². The molecule has 0 radical (unpaired) electrons. The molecule has 1 N–H and O–H groups in total. The van der Waals surface area contributed by atoms with E-state index in [-0.39, 0.29) is 18.5 Å². The van der Waals surface area contributed by atoms with E-state index in [1.165, 1.54) is 4.90 Å². The van der Waals surface area contributed by atoms with E-state index in [4.69, 9.17) is 11.6 Å². The topological polar surface area (TPSA) is 52.7 Å². The summed E-state index contributed by atoms with van der Waals surface area (Å²) in [5, 5.41) is 3.37. The molecule has 118 valence electrons. The highest BCUT2D eigenvalue weighted by molar-refractivity contribution is 6.30. The third-order valence-corrected chi connectivity index (χ3v) is 3.88. The maximum atomic E-state index is 12.4. The molecule has 2 aromatic rings. The van der Waals surface area contributed by atoms with Crippen molar-refractivity contribution >= 4 is 34.9 Å². The number of benzene rings is 2. The van der Waals surface area contributed by atoms with Crippen LogP contribution in [0.5, 0.6) is 0 Å². The number of halogens is 1. The average Bonchev–Trinajstić information content (AvgIpc) is 2.91.